The monoisotopic (exact) mass is 314 g/mol. The molecule has 1 N–H and O–H groups in total. The first-order valence-corrected chi connectivity index (χ1v) is 7.26. The number of likely N-dealkylation sites (N-methyl/N-ethyl adjacent to an activating group) is 2. The molecule has 0 unspecified atom stereocenters. The Bertz CT molecular complexity index is 537. The molecule has 0 aromatic heterocycles. The minimum Gasteiger partial charge on any atom is -0.318 e. The van der Waals surface area contributed by atoms with E-state index in [0.717, 1.165) is 4.31 Å². The smallest absolute Gasteiger partial charge is 0.244 e. The van der Waals surface area contributed by atoms with E-state index < -0.39 is 20.9 Å². The van der Waals surface area contributed by atoms with Crippen molar-refractivity contribution in [1.82, 2.24) is 9.62 Å². The van der Waals surface area contributed by atoms with Gasteiger partial charge >= 0.3 is 0 Å². The Morgan fingerprint density at radius 1 is 1.39 bits per heavy atom. The van der Waals surface area contributed by atoms with Crippen molar-refractivity contribution in [1.29, 1.82) is 0 Å². The van der Waals surface area contributed by atoms with Gasteiger partial charge in [0.15, 0.2) is 5.82 Å². The maximum absolute atomic E-state index is 13.5. The molecule has 4 nitrogen and oxygen atoms in total. The molecule has 0 radical (unpaired) electrons. The summed E-state index contributed by atoms with van der Waals surface area (Å²) in [6.45, 7) is 0.725. The van der Waals surface area contributed by atoms with E-state index in [1.807, 2.05) is 0 Å². The van der Waals surface area contributed by atoms with Crippen molar-refractivity contribution in [3.63, 3.8) is 0 Å². The molecule has 0 aliphatic rings. The van der Waals surface area contributed by atoms with Gasteiger partial charge in [-0.2, -0.15) is 4.31 Å². The fourth-order valence-electron chi connectivity index (χ4n) is 1.26. The molecule has 0 saturated heterocycles. The predicted molar refractivity (Wildman–Crippen MR) is 70.2 cm³/mol. The normalized spacial score (nSPS) is 12.1. The van der Waals surface area contributed by atoms with Gasteiger partial charge in [-0.15, -0.1) is 0 Å². The molecule has 0 saturated carbocycles. The van der Waals surface area contributed by atoms with Crippen molar-refractivity contribution in [2.75, 3.05) is 27.2 Å². The van der Waals surface area contributed by atoms with E-state index in [4.69, 9.17) is 23.2 Å². The zero-order valence-corrected chi connectivity index (χ0v) is 12.2. The highest BCUT2D eigenvalue weighted by molar-refractivity contribution is 7.89. The Labute approximate surface area is 116 Å². The van der Waals surface area contributed by atoms with Gasteiger partial charge in [-0.1, -0.05) is 23.2 Å². The Morgan fingerprint density at radius 3 is 2.56 bits per heavy atom. The molecule has 0 aliphatic carbocycles. The van der Waals surface area contributed by atoms with Crippen molar-refractivity contribution in [3.8, 4) is 0 Å². The topological polar surface area (TPSA) is 49.4 Å². The van der Waals surface area contributed by atoms with Gasteiger partial charge in [-0.05, 0) is 19.2 Å². The maximum Gasteiger partial charge on any atom is 0.244 e. The van der Waals surface area contributed by atoms with Crippen LogP contribution in [0.1, 0.15) is 0 Å². The van der Waals surface area contributed by atoms with E-state index >= 15 is 0 Å². The van der Waals surface area contributed by atoms with Gasteiger partial charge in [-0.25, -0.2) is 12.8 Å². The number of halogens is 3. The summed E-state index contributed by atoms with van der Waals surface area (Å²) in [7, 11) is -0.716. The SMILES string of the molecule is CNCCN(C)S(=O)(=O)c1ccc(Cl)c(F)c1Cl. The molecular formula is C10H13Cl2FN2O2S. The van der Waals surface area contributed by atoms with Crippen LogP contribution in [0.3, 0.4) is 0 Å². The van der Waals surface area contributed by atoms with Gasteiger partial charge in [0.05, 0.1) is 10.0 Å². The molecule has 1 rings (SSSR count). The minimum absolute atomic E-state index is 0.211. The van der Waals surface area contributed by atoms with Crippen LogP contribution in [0.2, 0.25) is 10.0 Å². The van der Waals surface area contributed by atoms with Crippen LogP contribution < -0.4 is 5.32 Å². The Hall–Kier alpha value is -0.400. The van der Waals surface area contributed by atoms with Crippen LogP contribution in [-0.4, -0.2) is 39.9 Å². The number of hydrogen-bond donors (Lipinski definition) is 1. The van der Waals surface area contributed by atoms with Gasteiger partial charge in [0, 0.05) is 20.1 Å². The quantitative estimate of drug-likeness (QED) is 0.845. The summed E-state index contributed by atoms with van der Waals surface area (Å²) in [5, 5.41) is 2.12. The Balaban J connectivity index is 3.17. The zero-order chi connectivity index (χ0) is 13.9. The molecule has 18 heavy (non-hydrogen) atoms. The molecule has 1 aromatic carbocycles. The molecule has 0 heterocycles. The summed E-state index contributed by atoms with van der Waals surface area (Å²) in [5.41, 5.74) is 0. The van der Waals surface area contributed by atoms with Crippen molar-refractivity contribution >= 4 is 33.2 Å². The maximum atomic E-state index is 13.5. The average Bonchev–Trinajstić information content (AvgIpc) is 2.32. The zero-order valence-electron chi connectivity index (χ0n) is 9.87. The summed E-state index contributed by atoms with van der Waals surface area (Å²) in [4.78, 5) is -0.287. The van der Waals surface area contributed by atoms with Crippen molar-refractivity contribution in [2.24, 2.45) is 0 Å². The lowest BCUT2D eigenvalue weighted by Crippen LogP contribution is -2.33. The fourth-order valence-corrected chi connectivity index (χ4v) is 3.15. The molecule has 0 amide bonds. The lowest BCUT2D eigenvalue weighted by atomic mass is 10.3. The van der Waals surface area contributed by atoms with E-state index in [1.54, 1.807) is 7.05 Å². The number of rotatable bonds is 5. The molecular weight excluding hydrogens is 302 g/mol. The number of sulfonamides is 1. The Kier molecular flexibility index (Phi) is 5.36. The van der Waals surface area contributed by atoms with Crippen molar-refractivity contribution < 1.29 is 12.8 Å². The average molecular weight is 315 g/mol. The van der Waals surface area contributed by atoms with E-state index in [0.29, 0.717) is 6.54 Å². The van der Waals surface area contributed by atoms with Crippen LogP contribution in [-0.2, 0) is 10.0 Å². The van der Waals surface area contributed by atoms with Crippen LogP contribution in [0.4, 0.5) is 4.39 Å². The van der Waals surface area contributed by atoms with Crippen LogP contribution in [0.15, 0.2) is 17.0 Å². The molecule has 0 aliphatic heterocycles. The molecule has 0 fully saturated rings. The summed E-state index contributed by atoms with van der Waals surface area (Å²) >= 11 is 11.2. The lowest BCUT2D eigenvalue weighted by molar-refractivity contribution is 0.465. The van der Waals surface area contributed by atoms with E-state index in [-0.39, 0.29) is 16.5 Å². The van der Waals surface area contributed by atoms with Gasteiger partial charge in [0.2, 0.25) is 10.0 Å². The van der Waals surface area contributed by atoms with Gasteiger partial charge < -0.3 is 5.32 Å². The number of nitrogens with zero attached hydrogens (tertiary/aromatic N) is 1. The number of hydrogen-bond acceptors (Lipinski definition) is 3. The third-order valence-corrected chi connectivity index (χ3v) is 5.04. The predicted octanol–water partition coefficient (Wildman–Crippen LogP) is 1.97. The van der Waals surface area contributed by atoms with Crippen LogP contribution in [0, 0.1) is 5.82 Å². The third-order valence-electron chi connectivity index (χ3n) is 2.36. The first-order chi connectivity index (χ1) is 8.32. The highest BCUT2D eigenvalue weighted by Gasteiger charge is 2.25. The van der Waals surface area contributed by atoms with E-state index in [1.165, 1.54) is 19.2 Å². The fraction of sp³-hybridized carbons (Fsp3) is 0.400. The molecule has 8 heteroatoms. The van der Waals surface area contributed by atoms with Crippen LogP contribution >= 0.6 is 23.2 Å². The molecule has 0 atom stereocenters. The summed E-state index contributed by atoms with van der Waals surface area (Å²) in [5.74, 6) is -0.929. The highest BCUT2D eigenvalue weighted by atomic mass is 35.5. The van der Waals surface area contributed by atoms with Crippen LogP contribution in [0.25, 0.3) is 0 Å². The summed E-state index contributed by atoms with van der Waals surface area (Å²) < 4.78 is 38.8. The second-order valence-electron chi connectivity index (χ2n) is 3.60. The summed E-state index contributed by atoms with van der Waals surface area (Å²) in [6, 6.07) is 2.36. The highest BCUT2D eigenvalue weighted by Crippen LogP contribution is 2.30. The van der Waals surface area contributed by atoms with E-state index in [9.17, 15) is 12.8 Å². The largest absolute Gasteiger partial charge is 0.318 e. The standard InChI is InChI=1S/C10H13Cl2FN2O2S/c1-14-5-6-15(2)18(16,17)8-4-3-7(11)10(13)9(8)12/h3-4,14H,5-6H2,1-2H3. The Morgan fingerprint density at radius 2 is 2.00 bits per heavy atom. The van der Waals surface area contributed by atoms with Crippen LogP contribution in [0.5, 0.6) is 0 Å². The second-order valence-corrected chi connectivity index (χ2v) is 6.40. The molecule has 0 bridgehead atoms. The van der Waals surface area contributed by atoms with Crippen molar-refractivity contribution in [3.05, 3.63) is 28.0 Å². The molecule has 102 valence electrons. The first kappa shape index (κ1) is 15.7. The molecule has 1 aromatic rings. The number of benzene rings is 1. The first-order valence-electron chi connectivity index (χ1n) is 5.06. The third kappa shape index (κ3) is 3.13. The minimum atomic E-state index is -3.82. The van der Waals surface area contributed by atoms with Gasteiger partial charge in [0.1, 0.15) is 4.90 Å². The van der Waals surface area contributed by atoms with Gasteiger partial charge in [-0.3, -0.25) is 0 Å². The molecule has 0 spiro atoms. The second kappa shape index (κ2) is 6.16. The number of nitrogens with one attached hydrogen (secondary N) is 1. The van der Waals surface area contributed by atoms with Crippen molar-refractivity contribution in [2.45, 2.75) is 4.90 Å². The lowest BCUT2D eigenvalue weighted by Gasteiger charge is -2.18. The van der Waals surface area contributed by atoms with Gasteiger partial charge in [0.25, 0.3) is 0 Å². The van der Waals surface area contributed by atoms with E-state index in [2.05, 4.69) is 5.32 Å². The summed E-state index contributed by atoms with van der Waals surface area (Å²) in [6.07, 6.45) is 0.